The molecule has 0 aromatic carbocycles. The number of thiophene rings is 1. The zero-order chi connectivity index (χ0) is 16.4. The Kier molecular flexibility index (Phi) is 5.05. The van der Waals surface area contributed by atoms with Crippen molar-refractivity contribution in [2.45, 2.75) is 58.8 Å². The van der Waals surface area contributed by atoms with E-state index in [1.165, 1.54) is 16.9 Å². The van der Waals surface area contributed by atoms with Crippen LogP contribution in [0.25, 0.3) is 0 Å². The summed E-state index contributed by atoms with van der Waals surface area (Å²) in [5.41, 5.74) is 1.91. The van der Waals surface area contributed by atoms with Crippen LogP contribution in [0.2, 0.25) is 0 Å². The molecule has 0 radical (unpaired) electrons. The molecule has 1 heterocycles. The third-order valence-electron chi connectivity index (χ3n) is 4.74. The molecule has 0 saturated heterocycles. The van der Waals surface area contributed by atoms with Gasteiger partial charge in [0.1, 0.15) is 5.00 Å². The molecule has 1 aromatic heterocycles. The zero-order valence-corrected chi connectivity index (χ0v) is 14.9. The summed E-state index contributed by atoms with van der Waals surface area (Å²) < 4.78 is 0. The minimum absolute atomic E-state index is 0.0175. The molecule has 0 bridgehead atoms. The molecule has 2 aliphatic rings. The van der Waals surface area contributed by atoms with Crippen molar-refractivity contribution in [3.05, 3.63) is 16.0 Å². The molecule has 4 nitrogen and oxygen atoms in total. The molecular weight excluding hydrogens is 308 g/mol. The summed E-state index contributed by atoms with van der Waals surface area (Å²) in [5.74, 6) is 0.825. The van der Waals surface area contributed by atoms with Crippen LogP contribution in [0.15, 0.2) is 0 Å². The van der Waals surface area contributed by atoms with E-state index < -0.39 is 0 Å². The summed E-state index contributed by atoms with van der Waals surface area (Å²) in [6.45, 7) is 5.05. The lowest BCUT2D eigenvalue weighted by molar-refractivity contribution is -0.117. The molecular formula is C18H26N2O2S. The first-order valence-electron chi connectivity index (χ1n) is 8.83. The number of nitrogens with one attached hydrogen (secondary N) is 2. The van der Waals surface area contributed by atoms with Crippen molar-refractivity contribution in [3.63, 3.8) is 0 Å². The Morgan fingerprint density at radius 2 is 2.04 bits per heavy atom. The minimum atomic E-state index is -0.0175. The summed E-state index contributed by atoms with van der Waals surface area (Å²) in [5, 5.41) is 6.83. The molecule has 1 atom stereocenters. The Labute approximate surface area is 142 Å². The average molecular weight is 334 g/mol. The molecule has 23 heavy (non-hydrogen) atoms. The van der Waals surface area contributed by atoms with Crippen LogP contribution in [0, 0.1) is 11.8 Å². The van der Waals surface area contributed by atoms with E-state index in [2.05, 4.69) is 24.5 Å². The van der Waals surface area contributed by atoms with Gasteiger partial charge >= 0.3 is 0 Å². The van der Waals surface area contributed by atoms with Gasteiger partial charge in [0.15, 0.2) is 0 Å². The standard InChI is InChI=1S/C18H26N2O2S/c1-3-4-9-19-17(22)15-13-10-11(2)5-8-14(13)23-18(15)20-16(21)12-6-7-12/h11-12H,3-10H2,1-2H3,(H,19,22)(H,20,21). The van der Waals surface area contributed by atoms with Gasteiger partial charge < -0.3 is 10.6 Å². The minimum Gasteiger partial charge on any atom is -0.352 e. The van der Waals surface area contributed by atoms with Crippen LogP contribution in [0.5, 0.6) is 0 Å². The lowest BCUT2D eigenvalue weighted by Crippen LogP contribution is -2.27. The Bertz CT molecular complexity index is 604. The van der Waals surface area contributed by atoms with Gasteiger partial charge in [-0.25, -0.2) is 0 Å². The summed E-state index contributed by atoms with van der Waals surface area (Å²) >= 11 is 1.61. The number of aryl methyl sites for hydroxylation is 1. The average Bonchev–Trinajstić information content (AvgIpc) is 3.30. The molecule has 5 heteroatoms. The molecule has 2 N–H and O–H groups in total. The zero-order valence-electron chi connectivity index (χ0n) is 14.0. The maximum Gasteiger partial charge on any atom is 0.254 e. The van der Waals surface area contributed by atoms with Crippen LogP contribution in [0.4, 0.5) is 5.00 Å². The fourth-order valence-electron chi connectivity index (χ4n) is 3.11. The Balaban J connectivity index is 1.84. The van der Waals surface area contributed by atoms with E-state index in [-0.39, 0.29) is 17.7 Å². The van der Waals surface area contributed by atoms with Crippen LogP contribution in [-0.4, -0.2) is 18.4 Å². The first kappa shape index (κ1) is 16.5. The number of anilines is 1. The number of rotatable bonds is 6. The second-order valence-electron chi connectivity index (χ2n) is 6.93. The highest BCUT2D eigenvalue weighted by Gasteiger charge is 2.33. The Morgan fingerprint density at radius 1 is 1.26 bits per heavy atom. The van der Waals surface area contributed by atoms with Crippen LogP contribution in [-0.2, 0) is 17.6 Å². The number of carbonyl (C=O) groups excluding carboxylic acids is 2. The van der Waals surface area contributed by atoms with Crippen LogP contribution < -0.4 is 10.6 Å². The maximum absolute atomic E-state index is 12.7. The topological polar surface area (TPSA) is 58.2 Å². The normalized spacial score (nSPS) is 20.0. The van der Waals surface area contributed by atoms with Crippen molar-refractivity contribution in [1.29, 1.82) is 0 Å². The lowest BCUT2D eigenvalue weighted by Gasteiger charge is -2.19. The largest absolute Gasteiger partial charge is 0.352 e. The summed E-state index contributed by atoms with van der Waals surface area (Å²) in [6, 6.07) is 0. The van der Waals surface area contributed by atoms with Crippen molar-refractivity contribution < 1.29 is 9.59 Å². The molecule has 2 aliphatic carbocycles. The van der Waals surface area contributed by atoms with Crippen LogP contribution >= 0.6 is 11.3 Å². The fourth-order valence-corrected chi connectivity index (χ4v) is 4.36. The molecule has 0 spiro atoms. The van der Waals surface area contributed by atoms with Crippen LogP contribution in [0.1, 0.15) is 66.8 Å². The number of amides is 2. The van der Waals surface area contributed by atoms with Gasteiger partial charge in [-0.3, -0.25) is 9.59 Å². The van der Waals surface area contributed by atoms with Gasteiger partial charge in [-0.1, -0.05) is 20.3 Å². The van der Waals surface area contributed by atoms with Gasteiger partial charge in [-0.15, -0.1) is 11.3 Å². The van der Waals surface area contributed by atoms with Gasteiger partial charge in [0.25, 0.3) is 5.91 Å². The molecule has 2 amide bonds. The summed E-state index contributed by atoms with van der Waals surface area (Å²) in [6.07, 6.45) is 7.14. The second kappa shape index (κ2) is 7.04. The van der Waals surface area contributed by atoms with Gasteiger partial charge in [-0.05, 0) is 50.0 Å². The van der Waals surface area contributed by atoms with Crippen molar-refractivity contribution in [1.82, 2.24) is 5.32 Å². The number of carbonyl (C=O) groups is 2. The molecule has 126 valence electrons. The highest BCUT2D eigenvalue weighted by atomic mass is 32.1. The lowest BCUT2D eigenvalue weighted by atomic mass is 9.87. The van der Waals surface area contributed by atoms with E-state index in [9.17, 15) is 9.59 Å². The van der Waals surface area contributed by atoms with E-state index in [1.54, 1.807) is 11.3 Å². The molecule has 1 aromatic rings. The first-order valence-corrected chi connectivity index (χ1v) is 9.65. The van der Waals surface area contributed by atoms with Gasteiger partial charge in [-0.2, -0.15) is 0 Å². The second-order valence-corrected chi connectivity index (χ2v) is 8.03. The molecule has 1 fully saturated rings. The monoisotopic (exact) mass is 334 g/mol. The number of unbranched alkanes of at least 4 members (excludes halogenated alkanes) is 1. The van der Waals surface area contributed by atoms with Gasteiger partial charge in [0.2, 0.25) is 5.91 Å². The van der Waals surface area contributed by atoms with Gasteiger partial charge in [0.05, 0.1) is 5.56 Å². The number of hydrogen-bond acceptors (Lipinski definition) is 3. The smallest absolute Gasteiger partial charge is 0.254 e. The molecule has 1 unspecified atom stereocenters. The van der Waals surface area contributed by atoms with Crippen molar-refractivity contribution in [2.75, 3.05) is 11.9 Å². The highest BCUT2D eigenvalue weighted by Crippen LogP contribution is 2.40. The third kappa shape index (κ3) is 3.77. The highest BCUT2D eigenvalue weighted by molar-refractivity contribution is 7.17. The van der Waals surface area contributed by atoms with E-state index in [4.69, 9.17) is 0 Å². The van der Waals surface area contributed by atoms with E-state index >= 15 is 0 Å². The quantitative estimate of drug-likeness (QED) is 0.778. The van der Waals surface area contributed by atoms with E-state index in [0.29, 0.717) is 12.5 Å². The summed E-state index contributed by atoms with van der Waals surface area (Å²) in [7, 11) is 0. The van der Waals surface area contributed by atoms with E-state index in [1.807, 2.05) is 0 Å². The Hall–Kier alpha value is -1.36. The number of hydrogen-bond donors (Lipinski definition) is 2. The SMILES string of the molecule is CCCCNC(=O)c1c(NC(=O)C2CC2)sc2c1CC(C)CC2. The van der Waals surface area contributed by atoms with Gasteiger partial charge in [0, 0.05) is 17.3 Å². The number of fused-ring (bicyclic) bond motifs is 1. The molecule has 3 rings (SSSR count). The molecule has 1 saturated carbocycles. The third-order valence-corrected chi connectivity index (χ3v) is 5.94. The molecule has 0 aliphatic heterocycles. The van der Waals surface area contributed by atoms with Crippen molar-refractivity contribution in [3.8, 4) is 0 Å². The maximum atomic E-state index is 12.7. The summed E-state index contributed by atoms with van der Waals surface area (Å²) in [4.78, 5) is 26.1. The van der Waals surface area contributed by atoms with Crippen molar-refractivity contribution in [2.24, 2.45) is 11.8 Å². The predicted octanol–water partition coefficient (Wildman–Crippen LogP) is 3.75. The fraction of sp³-hybridized carbons (Fsp3) is 0.667. The van der Waals surface area contributed by atoms with E-state index in [0.717, 1.165) is 49.1 Å². The predicted molar refractivity (Wildman–Crippen MR) is 94.1 cm³/mol. The first-order chi connectivity index (χ1) is 11.1. The van der Waals surface area contributed by atoms with Crippen molar-refractivity contribution >= 4 is 28.2 Å². The van der Waals surface area contributed by atoms with Crippen LogP contribution in [0.3, 0.4) is 0 Å². The Morgan fingerprint density at radius 3 is 2.74 bits per heavy atom.